The molecule has 0 heterocycles. The monoisotopic (exact) mass is 346 g/mol. The fourth-order valence-electron chi connectivity index (χ4n) is 2.02. The molecule has 0 saturated carbocycles. The second kappa shape index (κ2) is 7.53. The Morgan fingerprint density at radius 1 is 1.20 bits per heavy atom. The number of hydrogen-bond donors (Lipinski definition) is 1. The third-order valence-electron chi connectivity index (χ3n) is 3.19. The molecule has 0 fully saturated rings. The Labute approximate surface area is 141 Å². The van der Waals surface area contributed by atoms with E-state index in [4.69, 9.17) is 10.5 Å². The predicted octanol–water partition coefficient (Wildman–Crippen LogP) is 3.63. The van der Waals surface area contributed by atoms with E-state index >= 15 is 0 Å². The van der Waals surface area contributed by atoms with Crippen molar-refractivity contribution in [3.63, 3.8) is 0 Å². The smallest absolute Gasteiger partial charge is 0.416 e. The van der Waals surface area contributed by atoms with Crippen LogP contribution in [-0.4, -0.2) is 12.5 Å². The van der Waals surface area contributed by atoms with Crippen molar-refractivity contribution in [2.45, 2.75) is 6.18 Å². The highest BCUT2D eigenvalue weighted by atomic mass is 19.4. The minimum atomic E-state index is -4.48. The summed E-state index contributed by atoms with van der Waals surface area (Å²) < 4.78 is 43.5. The van der Waals surface area contributed by atoms with Crippen molar-refractivity contribution in [2.24, 2.45) is 5.73 Å². The Kier molecular flexibility index (Phi) is 5.45. The van der Waals surface area contributed by atoms with Crippen LogP contribution in [0.2, 0.25) is 0 Å². The number of nitrogens with two attached hydrogens (primary N) is 1. The fraction of sp³-hybridized carbons (Fsp3) is 0.111. The average Bonchev–Trinajstić information content (AvgIpc) is 2.58. The zero-order chi connectivity index (χ0) is 18.4. The molecule has 0 saturated heterocycles. The molecule has 128 valence electrons. The number of nitrogens with zero attached hydrogens (tertiary/aromatic N) is 1. The summed E-state index contributed by atoms with van der Waals surface area (Å²) in [6.07, 6.45) is -3.01. The third-order valence-corrected chi connectivity index (χ3v) is 3.19. The topological polar surface area (TPSA) is 76.1 Å². The summed E-state index contributed by atoms with van der Waals surface area (Å²) in [7, 11) is 0. The largest absolute Gasteiger partial charge is 0.484 e. The highest BCUT2D eigenvalue weighted by Gasteiger charge is 2.30. The van der Waals surface area contributed by atoms with Gasteiger partial charge in [-0.15, -0.1) is 0 Å². The number of primary amides is 1. The molecule has 2 N–H and O–H groups in total. The van der Waals surface area contributed by atoms with E-state index < -0.39 is 17.6 Å². The zero-order valence-corrected chi connectivity index (χ0v) is 12.9. The van der Waals surface area contributed by atoms with Crippen molar-refractivity contribution >= 4 is 17.6 Å². The van der Waals surface area contributed by atoms with E-state index in [0.717, 1.165) is 12.1 Å². The number of nitriles is 1. The van der Waals surface area contributed by atoms with E-state index in [1.165, 1.54) is 18.2 Å². The van der Waals surface area contributed by atoms with Gasteiger partial charge in [-0.25, -0.2) is 0 Å². The Hall–Kier alpha value is -3.27. The van der Waals surface area contributed by atoms with Crippen molar-refractivity contribution in [3.8, 4) is 11.8 Å². The molecule has 0 aliphatic heterocycles. The van der Waals surface area contributed by atoms with Gasteiger partial charge in [0.25, 0.3) is 5.91 Å². The van der Waals surface area contributed by atoms with Crippen LogP contribution in [0, 0.1) is 11.3 Å². The van der Waals surface area contributed by atoms with Crippen LogP contribution in [0.5, 0.6) is 5.75 Å². The van der Waals surface area contributed by atoms with Gasteiger partial charge in [0.05, 0.1) is 17.2 Å². The summed E-state index contributed by atoms with van der Waals surface area (Å²) in [6, 6.07) is 12.8. The van der Waals surface area contributed by atoms with Gasteiger partial charge in [-0.1, -0.05) is 24.3 Å². The van der Waals surface area contributed by atoms with Gasteiger partial charge in [0, 0.05) is 0 Å². The summed E-state index contributed by atoms with van der Waals surface area (Å²) in [6.45, 7) is -0.261. The lowest BCUT2D eigenvalue weighted by molar-refractivity contribution is -0.137. The minimum Gasteiger partial charge on any atom is -0.484 e. The van der Waals surface area contributed by atoms with Crippen LogP contribution in [0.3, 0.4) is 0 Å². The number of allylic oxidation sites excluding steroid dienone is 1. The van der Waals surface area contributed by atoms with Crippen LogP contribution in [0.1, 0.15) is 16.7 Å². The number of hydrogen-bond acceptors (Lipinski definition) is 3. The molecule has 25 heavy (non-hydrogen) atoms. The first-order valence-electron chi connectivity index (χ1n) is 7.10. The molecule has 7 heteroatoms. The summed E-state index contributed by atoms with van der Waals surface area (Å²) in [4.78, 5) is 10.7. The van der Waals surface area contributed by atoms with E-state index in [9.17, 15) is 23.2 Å². The maximum Gasteiger partial charge on any atom is 0.416 e. The van der Waals surface area contributed by atoms with Gasteiger partial charge in [0.15, 0.2) is 6.61 Å². The standard InChI is InChI=1S/C18H13F3N2O2/c19-18(20,21)15-3-1-2-13(9-15)14(10-22)8-12-4-6-16(7-5-12)25-11-17(23)24/h1-9H,11H2,(H2,23,24)/b14-8-. The molecule has 0 aliphatic rings. The van der Waals surface area contributed by atoms with Gasteiger partial charge in [-0.05, 0) is 41.5 Å². The van der Waals surface area contributed by atoms with Crippen molar-refractivity contribution in [3.05, 3.63) is 65.2 Å². The fourth-order valence-corrected chi connectivity index (χ4v) is 2.02. The summed E-state index contributed by atoms with van der Waals surface area (Å²) in [5, 5.41) is 9.26. The number of ether oxygens (including phenoxy) is 1. The van der Waals surface area contributed by atoms with Gasteiger partial charge < -0.3 is 10.5 Å². The molecular weight excluding hydrogens is 333 g/mol. The Morgan fingerprint density at radius 2 is 1.88 bits per heavy atom. The van der Waals surface area contributed by atoms with E-state index in [2.05, 4.69) is 0 Å². The summed E-state index contributed by atoms with van der Waals surface area (Å²) in [5.74, 6) is -0.200. The van der Waals surface area contributed by atoms with Gasteiger partial charge >= 0.3 is 6.18 Å². The molecule has 2 rings (SSSR count). The summed E-state index contributed by atoms with van der Waals surface area (Å²) >= 11 is 0. The number of carbonyl (C=O) groups excluding carboxylic acids is 1. The molecule has 0 bridgehead atoms. The van der Waals surface area contributed by atoms with E-state index in [0.29, 0.717) is 11.3 Å². The Balaban J connectivity index is 2.26. The maximum atomic E-state index is 12.8. The lowest BCUT2D eigenvalue weighted by atomic mass is 10.0. The molecular formula is C18H13F3N2O2. The quantitative estimate of drug-likeness (QED) is 0.663. The number of alkyl halides is 3. The normalized spacial score (nSPS) is 11.7. The molecule has 2 aromatic carbocycles. The number of halogens is 3. The average molecular weight is 346 g/mol. The van der Waals surface area contributed by atoms with Crippen molar-refractivity contribution < 1.29 is 22.7 Å². The Bertz CT molecular complexity index is 835. The maximum absolute atomic E-state index is 12.8. The van der Waals surface area contributed by atoms with E-state index in [1.807, 2.05) is 6.07 Å². The van der Waals surface area contributed by atoms with Gasteiger partial charge in [-0.2, -0.15) is 18.4 Å². The third kappa shape index (κ3) is 5.11. The lowest BCUT2D eigenvalue weighted by Gasteiger charge is -2.08. The number of benzene rings is 2. The van der Waals surface area contributed by atoms with E-state index in [-0.39, 0.29) is 17.7 Å². The van der Waals surface area contributed by atoms with Crippen LogP contribution in [-0.2, 0) is 11.0 Å². The minimum absolute atomic E-state index is 0.0944. The van der Waals surface area contributed by atoms with Crippen molar-refractivity contribution in [1.82, 2.24) is 0 Å². The molecule has 1 amide bonds. The molecule has 0 aromatic heterocycles. The second-order valence-electron chi connectivity index (χ2n) is 5.07. The number of carbonyl (C=O) groups is 1. The van der Waals surface area contributed by atoms with Gasteiger partial charge in [-0.3, -0.25) is 4.79 Å². The first-order valence-corrected chi connectivity index (χ1v) is 7.10. The first kappa shape index (κ1) is 18.1. The SMILES string of the molecule is N#C/C(=C/c1ccc(OCC(N)=O)cc1)c1cccc(C(F)(F)F)c1. The van der Waals surface area contributed by atoms with Crippen LogP contribution < -0.4 is 10.5 Å². The molecule has 4 nitrogen and oxygen atoms in total. The first-order chi connectivity index (χ1) is 11.8. The number of rotatable bonds is 5. The molecule has 0 radical (unpaired) electrons. The van der Waals surface area contributed by atoms with Crippen LogP contribution >= 0.6 is 0 Å². The predicted molar refractivity (Wildman–Crippen MR) is 86.1 cm³/mol. The Morgan fingerprint density at radius 3 is 2.44 bits per heavy atom. The molecule has 0 atom stereocenters. The van der Waals surface area contributed by atoms with Crippen molar-refractivity contribution in [1.29, 1.82) is 5.26 Å². The van der Waals surface area contributed by atoms with Crippen LogP contribution in [0.25, 0.3) is 11.6 Å². The van der Waals surface area contributed by atoms with Gasteiger partial charge in [0.2, 0.25) is 0 Å². The molecule has 0 spiro atoms. The summed E-state index contributed by atoms with van der Waals surface area (Å²) in [5.41, 5.74) is 5.02. The highest BCUT2D eigenvalue weighted by Crippen LogP contribution is 2.31. The molecule has 0 aliphatic carbocycles. The zero-order valence-electron chi connectivity index (χ0n) is 12.9. The molecule has 2 aromatic rings. The second-order valence-corrected chi connectivity index (χ2v) is 5.07. The molecule has 0 unspecified atom stereocenters. The van der Waals surface area contributed by atoms with E-state index in [1.54, 1.807) is 24.3 Å². The van der Waals surface area contributed by atoms with Crippen LogP contribution in [0.15, 0.2) is 48.5 Å². The number of amides is 1. The van der Waals surface area contributed by atoms with Gasteiger partial charge in [0.1, 0.15) is 5.75 Å². The lowest BCUT2D eigenvalue weighted by Crippen LogP contribution is -2.19. The highest BCUT2D eigenvalue weighted by molar-refractivity contribution is 5.89. The van der Waals surface area contributed by atoms with Crippen LogP contribution in [0.4, 0.5) is 13.2 Å². The van der Waals surface area contributed by atoms with Crippen molar-refractivity contribution in [2.75, 3.05) is 6.61 Å².